The Hall–Kier alpha value is -2.94. The van der Waals surface area contributed by atoms with Crippen LogP contribution in [0.15, 0.2) is 58.4 Å². The number of nitrogens with zero attached hydrogens (tertiary/aromatic N) is 4. The quantitative estimate of drug-likeness (QED) is 0.439. The van der Waals surface area contributed by atoms with E-state index >= 15 is 0 Å². The molecule has 2 aromatic carbocycles. The summed E-state index contributed by atoms with van der Waals surface area (Å²) in [6, 6.07) is 10.6. The predicted octanol–water partition coefficient (Wildman–Crippen LogP) is 3.49. The Bertz CT molecular complexity index is 1380. The average molecular weight is 463 g/mol. The molecule has 10 heteroatoms. The van der Waals surface area contributed by atoms with E-state index in [0.717, 1.165) is 10.1 Å². The fourth-order valence-corrected chi connectivity index (χ4v) is 3.66. The minimum Gasteiger partial charge on any atom is -0.383 e. The van der Waals surface area contributed by atoms with E-state index in [1.54, 1.807) is 22.8 Å². The third kappa shape index (κ3) is 4.01. The normalized spacial score (nSPS) is 11.4. The van der Waals surface area contributed by atoms with Crippen molar-refractivity contribution >= 4 is 34.4 Å². The van der Waals surface area contributed by atoms with E-state index in [0.29, 0.717) is 15.7 Å². The van der Waals surface area contributed by atoms with Crippen molar-refractivity contribution in [3.63, 3.8) is 0 Å². The highest BCUT2D eigenvalue weighted by molar-refractivity contribution is 6.42. The van der Waals surface area contributed by atoms with Crippen molar-refractivity contribution in [2.75, 3.05) is 13.7 Å². The molecule has 4 rings (SSSR count). The summed E-state index contributed by atoms with van der Waals surface area (Å²) in [5.74, 6) is -0.439. The molecule has 31 heavy (non-hydrogen) atoms. The van der Waals surface area contributed by atoms with Gasteiger partial charge in [0.05, 0.1) is 35.2 Å². The fourth-order valence-electron chi connectivity index (χ4n) is 3.34. The zero-order valence-corrected chi connectivity index (χ0v) is 17.9. The Balaban J connectivity index is 1.95. The van der Waals surface area contributed by atoms with Crippen molar-refractivity contribution in [2.24, 2.45) is 0 Å². The van der Waals surface area contributed by atoms with E-state index in [4.69, 9.17) is 27.9 Å². The molecule has 0 atom stereocenters. The number of rotatable bonds is 6. The van der Waals surface area contributed by atoms with Crippen LogP contribution in [0.1, 0.15) is 5.56 Å². The van der Waals surface area contributed by atoms with Gasteiger partial charge in [-0.25, -0.2) is 18.7 Å². The largest absolute Gasteiger partial charge is 0.383 e. The van der Waals surface area contributed by atoms with Gasteiger partial charge in [-0.2, -0.15) is 0 Å². The zero-order chi connectivity index (χ0) is 22.1. The third-order valence-corrected chi connectivity index (χ3v) is 5.58. The number of benzene rings is 2. The number of fused-ring (bicyclic) bond motifs is 1. The highest BCUT2D eigenvalue weighted by atomic mass is 35.5. The first-order chi connectivity index (χ1) is 14.9. The van der Waals surface area contributed by atoms with Gasteiger partial charge in [0, 0.05) is 13.7 Å². The molecule has 0 spiro atoms. The molecule has 4 aromatic rings. The summed E-state index contributed by atoms with van der Waals surface area (Å²) in [4.78, 5) is 30.7. The lowest BCUT2D eigenvalue weighted by Crippen LogP contribution is -2.41. The van der Waals surface area contributed by atoms with E-state index in [9.17, 15) is 14.0 Å². The van der Waals surface area contributed by atoms with Crippen molar-refractivity contribution < 1.29 is 9.13 Å². The maximum absolute atomic E-state index is 13.4. The van der Waals surface area contributed by atoms with E-state index in [2.05, 4.69) is 4.98 Å². The van der Waals surface area contributed by atoms with Crippen LogP contribution < -0.4 is 11.2 Å². The highest BCUT2D eigenvalue weighted by Gasteiger charge is 2.19. The first kappa shape index (κ1) is 21.3. The van der Waals surface area contributed by atoms with Gasteiger partial charge < -0.3 is 9.30 Å². The molecule has 7 nitrogen and oxygen atoms in total. The first-order valence-corrected chi connectivity index (χ1v) is 10.1. The third-order valence-electron chi connectivity index (χ3n) is 4.84. The molecule has 0 N–H and O–H groups in total. The lowest BCUT2D eigenvalue weighted by atomic mass is 10.2. The second-order valence-electron chi connectivity index (χ2n) is 6.84. The summed E-state index contributed by atoms with van der Waals surface area (Å²) >= 11 is 12.1. The Morgan fingerprint density at radius 1 is 1.06 bits per heavy atom. The SMILES string of the molecule is COCCn1c(=O)c2c(ncn2Cc2ccc(Cl)c(Cl)c2)n(-c2ccc(F)cc2)c1=O. The monoisotopic (exact) mass is 462 g/mol. The van der Waals surface area contributed by atoms with Crippen molar-refractivity contribution in [1.82, 2.24) is 18.7 Å². The summed E-state index contributed by atoms with van der Waals surface area (Å²) in [5, 5.41) is 0.817. The summed E-state index contributed by atoms with van der Waals surface area (Å²) < 4.78 is 22.5. The summed E-state index contributed by atoms with van der Waals surface area (Å²) in [7, 11) is 1.48. The molecule has 0 radical (unpaired) electrons. The second-order valence-corrected chi connectivity index (χ2v) is 7.65. The number of aromatic nitrogens is 4. The van der Waals surface area contributed by atoms with Crippen molar-refractivity contribution in [3.05, 3.63) is 91.1 Å². The van der Waals surface area contributed by atoms with Gasteiger partial charge >= 0.3 is 5.69 Å². The van der Waals surface area contributed by atoms with Gasteiger partial charge in [0.2, 0.25) is 0 Å². The maximum Gasteiger partial charge on any atom is 0.337 e. The molecule has 2 aromatic heterocycles. The molecule has 0 aliphatic rings. The number of halogens is 3. The van der Waals surface area contributed by atoms with Gasteiger partial charge in [-0.3, -0.25) is 9.36 Å². The molecular formula is C21H17Cl2FN4O3. The minimum absolute atomic E-state index is 0.0588. The van der Waals surface area contributed by atoms with Crippen LogP contribution >= 0.6 is 23.2 Å². The van der Waals surface area contributed by atoms with Crippen LogP contribution in [-0.4, -0.2) is 32.4 Å². The molecule has 160 valence electrons. The molecule has 0 bridgehead atoms. The highest BCUT2D eigenvalue weighted by Crippen LogP contribution is 2.23. The van der Waals surface area contributed by atoms with Crippen LogP contribution in [0.5, 0.6) is 0 Å². The zero-order valence-electron chi connectivity index (χ0n) is 16.4. The molecule has 0 amide bonds. The molecule has 0 fully saturated rings. The van der Waals surface area contributed by atoms with Crippen LogP contribution in [0.2, 0.25) is 10.0 Å². The lowest BCUT2D eigenvalue weighted by Gasteiger charge is -2.13. The molecule has 0 unspecified atom stereocenters. The predicted molar refractivity (Wildman–Crippen MR) is 117 cm³/mol. The number of hydrogen-bond acceptors (Lipinski definition) is 4. The minimum atomic E-state index is -0.582. The van der Waals surface area contributed by atoms with Crippen molar-refractivity contribution in [1.29, 1.82) is 0 Å². The summed E-state index contributed by atoms with van der Waals surface area (Å²) in [6.45, 7) is 0.517. The summed E-state index contributed by atoms with van der Waals surface area (Å²) in [6.07, 6.45) is 1.48. The van der Waals surface area contributed by atoms with Crippen molar-refractivity contribution in [2.45, 2.75) is 13.1 Å². The second kappa shape index (κ2) is 8.66. The van der Waals surface area contributed by atoms with Crippen LogP contribution in [0.4, 0.5) is 4.39 Å². The van der Waals surface area contributed by atoms with Gasteiger partial charge in [-0.1, -0.05) is 29.3 Å². The number of methoxy groups -OCH3 is 1. The number of ether oxygens (including phenoxy) is 1. The van der Waals surface area contributed by atoms with Gasteiger partial charge in [-0.05, 0) is 42.0 Å². The van der Waals surface area contributed by atoms with E-state index in [1.165, 1.54) is 42.3 Å². The molecule has 0 aliphatic heterocycles. The number of imidazole rings is 1. The fraction of sp³-hybridized carbons (Fsp3) is 0.190. The Labute approximate surface area is 185 Å². The van der Waals surface area contributed by atoms with E-state index < -0.39 is 17.1 Å². The molecule has 0 aliphatic carbocycles. The topological polar surface area (TPSA) is 71.1 Å². The summed E-state index contributed by atoms with van der Waals surface area (Å²) in [5.41, 5.74) is 0.522. The molecule has 2 heterocycles. The first-order valence-electron chi connectivity index (χ1n) is 9.30. The average Bonchev–Trinajstić information content (AvgIpc) is 3.15. The number of hydrogen-bond donors (Lipinski definition) is 0. The van der Waals surface area contributed by atoms with Gasteiger partial charge in [0.25, 0.3) is 5.56 Å². The van der Waals surface area contributed by atoms with Crippen LogP contribution in [0, 0.1) is 5.82 Å². The van der Waals surface area contributed by atoms with E-state index in [1.807, 2.05) is 0 Å². The van der Waals surface area contributed by atoms with E-state index in [-0.39, 0.29) is 30.9 Å². The van der Waals surface area contributed by atoms with Gasteiger partial charge in [0.1, 0.15) is 5.82 Å². The molecule has 0 saturated carbocycles. The van der Waals surface area contributed by atoms with Crippen LogP contribution in [0.3, 0.4) is 0 Å². The standard InChI is InChI=1S/C21H17Cl2FN4O3/c1-31-9-8-27-20(29)18-19(28(21(27)30)15-5-3-14(24)4-6-15)25-12-26(18)11-13-2-7-16(22)17(23)10-13/h2-7,10,12H,8-9,11H2,1H3. The Morgan fingerprint density at radius 2 is 1.81 bits per heavy atom. The smallest absolute Gasteiger partial charge is 0.337 e. The Morgan fingerprint density at radius 3 is 2.48 bits per heavy atom. The maximum atomic E-state index is 13.4. The Kier molecular flexibility index (Phi) is 5.95. The lowest BCUT2D eigenvalue weighted by molar-refractivity contribution is 0.184. The van der Waals surface area contributed by atoms with Crippen LogP contribution in [0.25, 0.3) is 16.9 Å². The molecule has 0 saturated heterocycles. The van der Waals surface area contributed by atoms with Crippen LogP contribution in [-0.2, 0) is 17.8 Å². The van der Waals surface area contributed by atoms with Gasteiger partial charge in [0.15, 0.2) is 11.2 Å². The van der Waals surface area contributed by atoms with Gasteiger partial charge in [-0.15, -0.1) is 0 Å². The van der Waals surface area contributed by atoms with Crippen molar-refractivity contribution in [3.8, 4) is 5.69 Å². The molecular weight excluding hydrogens is 446 g/mol.